The molecule has 3 heteroatoms. The second-order valence-electron chi connectivity index (χ2n) is 9.36. The van der Waals surface area contributed by atoms with Crippen molar-refractivity contribution >= 4 is 5.78 Å². The molecule has 2 saturated carbocycles. The van der Waals surface area contributed by atoms with Crippen LogP contribution in [0.3, 0.4) is 0 Å². The Hall–Kier alpha value is -2.03. The maximum absolute atomic E-state index is 13.9. The average molecular weight is 411 g/mol. The molecule has 2 atom stereocenters. The summed E-state index contributed by atoms with van der Waals surface area (Å²) < 4.78 is 27.8. The van der Waals surface area contributed by atoms with E-state index in [4.69, 9.17) is 0 Å². The largest absolute Gasteiger partial charge is 0.300 e. The van der Waals surface area contributed by atoms with Crippen molar-refractivity contribution in [1.82, 2.24) is 0 Å². The Kier molecular flexibility index (Phi) is 6.97. The van der Waals surface area contributed by atoms with Crippen molar-refractivity contribution in [2.45, 2.75) is 76.0 Å². The van der Waals surface area contributed by atoms with E-state index in [9.17, 15) is 13.6 Å². The van der Waals surface area contributed by atoms with Crippen LogP contribution in [0.4, 0.5) is 8.78 Å². The molecule has 0 aromatic heterocycles. The van der Waals surface area contributed by atoms with Crippen molar-refractivity contribution in [3.63, 3.8) is 0 Å². The topological polar surface area (TPSA) is 17.1 Å². The lowest BCUT2D eigenvalue weighted by Crippen LogP contribution is -2.19. The summed E-state index contributed by atoms with van der Waals surface area (Å²) in [6.45, 7) is 0. The highest BCUT2D eigenvalue weighted by atomic mass is 19.1. The monoisotopic (exact) mass is 410 g/mol. The molecule has 0 heterocycles. The summed E-state index contributed by atoms with van der Waals surface area (Å²) in [5.74, 6) is 0.861. The molecule has 160 valence electrons. The Morgan fingerprint density at radius 1 is 0.733 bits per heavy atom. The third kappa shape index (κ3) is 5.17. The zero-order chi connectivity index (χ0) is 20.9. The van der Waals surface area contributed by atoms with Crippen LogP contribution in [0.5, 0.6) is 0 Å². The van der Waals surface area contributed by atoms with Gasteiger partial charge in [0.1, 0.15) is 17.4 Å². The molecule has 0 aliphatic heterocycles. The molecule has 0 bridgehead atoms. The standard InChI is InChI=1S/C27H32F2O/c28-23-13-5-11-21(15-23)26(19-7-1-2-8-19)17-25(30)18-27(20-9-3-4-10-20)22-12-6-14-24(29)16-22/h5-6,11-16,19-20,26-27H,1-4,7-10,17-18H2/t26-,27-/m0/s1. The van der Waals surface area contributed by atoms with Gasteiger partial charge >= 0.3 is 0 Å². The van der Waals surface area contributed by atoms with E-state index in [1.54, 1.807) is 24.3 Å². The molecule has 0 spiro atoms. The number of rotatable bonds is 8. The van der Waals surface area contributed by atoms with E-state index in [0.717, 1.165) is 36.8 Å². The van der Waals surface area contributed by atoms with E-state index in [2.05, 4.69) is 0 Å². The molecule has 0 unspecified atom stereocenters. The van der Waals surface area contributed by atoms with Gasteiger partial charge in [-0.2, -0.15) is 0 Å². The summed E-state index contributed by atoms with van der Waals surface area (Å²) in [7, 11) is 0. The van der Waals surface area contributed by atoms with Crippen LogP contribution < -0.4 is 0 Å². The van der Waals surface area contributed by atoms with Gasteiger partial charge in [-0.05, 0) is 84.7 Å². The summed E-state index contributed by atoms with van der Waals surface area (Å²) in [4.78, 5) is 13.3. The minimum Gasteiger partial charge on any atom is -0.300 e. The van der Waals surface area contributed by atoms with Gasteiger partial charge in [0.25, 0.3) is 0 Å². The number of halogens is 2. The summed E-state index contributed by atoms with van der Waals surface area (Å²) >= 11 is 0. The predicted molar refractivity (Wildman–Crippen MR) is 116 cm³/mol. The fourth-order valence-electron chi connectivity index (χ4n) is 5.88. The molecule has 4 rings (SSSR count). The molecule has 2 aliphatic rings. The second kappa shape index (κ2) is 9.85. The van der Waals surface area contributed by atoms with Crippen LogP contribution in [0.2, 0.25) is 0 Å². The maximum Gasteiger partial charge on any atom is 0.134 e. The normalized spacial score (nSPS) is 19.8. The Morgan fingerprint density at radius 3 is 1.50 bits per heavy atom. The molecular formula is C27H32F2O. The zero-order valence-electron chi connectivity index (χ0n) is 17.7. The molecule has 30 heavy (non-hydrogen) atoms. The molecule has 0 radical (unpaired) electrons. The Labute approximate surface area is 178 Å². The van der Waals surface area contributed by atoms with Crippen LogP contribution >= 0.6 is 0 Å². The number of benzene rings is 2. The lowest BCUT2D eigenvalue weighted by molar-refractivity contribution is -0.120. The summed E-state index contributed by atoms with van der Waals surface area (Å²) in [6, 6.07) is 13.6. The average Bonchev–Trinajstić information content (AvgIpc) is 3.44. The van der Waals surface area contributed by atoms with Gasteiger partial charge in [0.15, 0.2) is 0 Å². The smallest absolute Gasteiger partial charge is 0.134 e. The first kappa shape index (κ1) is 21.2. The van der Waals surface area contributed by atoms with E-state index in [1.165, 1.54) is 37.8 Å². The first-order valence-corrected chi connectivity index (χ1v) is 11.6. The SMILES string of the molecule is O=C(C[C@H](c1cccc(F)c1)C1CCCC1)C[C@H](c1cccc(F)c1)C1CCCC1. The number of hydrogen-bond acceptors (Lipinski definition) is 1. The Bertz CT molecular complexity index is 780. The molecule has 2 aromatic rings. The van der Waals surface area contributed by atoms with Gasteiger partial charge in [0.2, 0.25) is 0 Å². The minimum absolute atomic E-state index is 0.0902. The van der Waals surface area contributed by atoms with Crippen molar-refractivity contribution in [3.05, 3.63) is 71.3 Å². The number of hydrogen-bond donors (Lipinski definition) is 0. The van der Waals surface area contributed by atoms with Crippen LogP contribution in [0.1, 0.15) is 87.2 Å². The molecule has 0 N–H and O–H groups in total. The van der Waals surface area contributed by atoms with Crippen LogP contribution in [0.15, 0.2) is 48.5 Å². The fraction of sp³-hybridized carbons (Fsp3) is 0.519. The van der Waals surface area contributed by atoms with Crippen LogP contribution in [-0.4, -0.2) is 5.78 Å². The Balaban J connectivity index is 1.53. The quantitative estimate of drug-likeness (QED) is 0.439. The molecule has 1 nitrogen and oxygen atoms in total. The van der Waals surface area contributed by atoms with Crippen molar-refractivity contribution in [2.75, 3.05) is 0 Å². The third-order valence-corrected chi connectivity index (χ3v) is 7.39. The Morgan fingerprint density at radius 2 is 1.13 bits per heavy atom. The number of Topliss-reactive ketones (excluding diaryl/α,β-unsaturated/α-hetero) is 1. The van der Waals surface area contributed by atoms with E-state index in [0.29, 0.717) is 24.7 Å². The summed E-state index contributed by atoms with van der Waals surface area (Å²) in [5, 5.41) is 0. The van der Waals surface area contributed by atoms with E-state index in [1.807, 2.05) is 12.1 Å². The lowest BCUT2D eigenvalue weighted by Gasteiger charge is -2.27. The van der Waals surface area contributed by atoms with Crippen molar-refractivity contribution < 1.29 is 13.6 Å². The highest BCUT2D eigenvalue weighted by molar-refractivity contribution is 5.80. The second-order valence-corrected chi connectivity index (χ2v) is 9.36. The third-order valence-electron chi connectivity index (χ3n) is 7.39. The first-order chi connectivity index (χ1) is 14.6. The van der Waals surface area contributed by atoms with Gasteiger partial charge in [-0.3, -0.25) is 4.79 Å². The predicted octanol–water partition coefficient (Wildman–Crippen LogP) is 7.56. The van der Waals surface area contributed by atoms with Crippen LogP contribution in [-0.2, 0) is 4.79 Å². The fourth-order valence-corrected chi connectivity index (χ4v) is 5.88. The number of carbonyl (C=O) groups is 1. The zero-order valence-corrected chi connectivity index (χ0v) is 17.7. The van der Waals surface area contributed by atoms with Gasteiger partial charge in [0, 0.05) is 12.8 Å². The molecule has 0 saturated heterocycles. The van der Waals surface area contributed by atoms with Crippen molar-refractivity contribution in [1.29, 1.82) is 0 Å². The number of ketones is 1. The van der Waals surface area contributed by atoms with E-state index >= 15 is 0 Å². The molecule has 2 fully saturated rings. The maximum atomic E-state index is 13.9. The molecular weight excluding hydrogens is 378 g/mol. The van der Waals surface area contributed by atoms with Crippen LogP contribution in [0, 0.1) is 23.5 Å². The molecule has 2 aromatic carbocycles. The number of carbonyl (C=O) groups excluding carboxylic acids is 1. The highest BCUT2D eigenvalue weighted by Gasteiger charge is 2.32. The van der Waals surface area contributed by atoms with E-state index < -0.39 is 0 Å². The minimum atomic E-state index is -0.230. The van der Waals surface area contributed by atoms with Crippen molar-refractivity contribution in [2.24, 2.45) is 11.8 Å². The summed E-state index contributed by atoms with van der Waals surface area (Å²) in [6.07, 6.45) is 10.2. The van der Waals surface area contributed by atoms with Crippen molar-refractivity contribution in [3.8, 4) is 0 Å². The van der Waals surface area contributed by atoms with E-state index in [-0.39, 0.29) is 29.3 Å². The summed E-state index contributed by atoms with van der Waals surface area (Å²) in [5.41, 5.74) is 1.91. The first-order valence-electron chi connectivity index (χ1n) is 11.6. The van der Waals surface area contributed by atoms with Crippen LogP contribution in [0.25, 0.3) is 0 Å². The van der Waals surface area contributed by atoms with Gasteiger partial charge in [-0.1, -0.05) is 49.9 Å². The lowest BCUT2D eigenvalue weighted by atomic mass is 9.77. The highest BCUT2D eigenvalue weighted by Crippen LogP contribution is 2.43. The van der Waals surface area contributed by atoms with Gasteiger partial charge in [-0.25, -0.2) is 8.78 Å². The molecule has 2 aliphatic carbocycles. The van der Waals surface area contributed by atoms with Gasteiger partial charge < -0.3 is 0 Å². The van der Waals surface area contributed by atoms with Gasteiger partial charge in [-0.15, -0.1) is 0 Å². The molecule has 0 amide bonds. The van der Waals surface area contributed by atoms with Gasteiger partial charge in [0.05, 0.1) is 0 Å².